The van der Waals surface area contributed by atoms with Crippen molar-refractivity contribution in [3.8, 4) is 0 Å². The Labute approximate surface area is 138 Å². The normalized spacial score (nSPS) is 10.6. The Kier molecular flexibility index (Phi) is 4.37. The van der Waals surface area contributed by atoms with Crippen molar-refractivity contribution in [2.24, 2.45) is 0 Å². The van der Waals surface area contributed by atoms with Crippen LogP contribution in [0.15, 0.2) is 42.6 Å². The Balaban J connectivity index is 2.14. The Hall–Kier alpha value is -3.02. The van der Waals surface area contributed by atoms with Gasteiger partial charge in [-0.05, 0) is 50.2 Å². The number of aromatic nitrogens is 2. The van der Waals surface area contributed by atoms with Crippen LogP contribution in [0.5, 0.6) is 0 Å². The molecular weight excluding hydrogens is 309 g/mol. The largest absolute Gasteiger partial charge is 0.462 e. The first-order valence-corrected chi connectivity index (χ1v) is 7.54. The number of esters is 1. The zero-order valence-corrected chi connectivity index (χ0v) is 13.3. The maximum Gasteiger partial charge on any atom is 0.341 e. The van der Waals surface area contributed by atoms with E-state index < -0.39 is 5.97 Å². The third-order valence-electron chi connectivity index (χ3n) is 3.48. The highest BCUT2D eigenvalue weighted by molar-refractivity contribution is 6.05. The number of pyridine rings is 2. The molecule has 5 nitrogen and oxygen atoms in total. The fraction of sp³-hybridized carbons (Fsp3) is 0.167. The van der Waals surface area contributed by atoms with E-state index in [0.29, 0.717) is 28.0 Å². The summed E-state index contributed by atoms with van der Waals surface area (Å²) in [6.45, 7) is 3.87. The molecule has 1 aromatic carbocycles. The van der Waals surface area contributed by atoms with E-state index in [9.17, 15) is 9.18 Å². The van der Waals surface area contributed by atoms with E-state index in [1.165, 1.54) is 18.3 Å². The molecule has 0 atom stereocenters. The molecule has 0 fully saturated rings. The fourth-order valence-corrected chi connectivity index (χ4v) is 2.35. The number of hydrogen-bond donors (Lipinski definition) is 1. The van der Waals surface area contributed by atoms with Crippen LogP contribution in [-0.2, 0) is 4.74 Å². The second kappa shape index (κ2) is 6.62. The van der Waals surface area contributed by atoms with Gasteiger partial charge in [-0.1, -0.05) is 0 Å². The first-order valence-electron chi connectivity index (χ1n) is 7.54. The number of carbonyl (C=O) groups is 1. The Morgan fingerprint density at radius 3 is 2.67 bits per heavy atom. The minimum absolute atomic E-state index is 0.263. The summed E-state index contributed by atoms with van der Waals surface area (Å²) in [7, 11) is 0. The average Bonchev–Trinajstić information content (AvgIpc) is 2.57. The molecule has 0 bridgehead atoms. The van der Waals surface area contributed by atoms with Crippen LogP contribution in [0.2, 0.25) is 0 Å². The maximum atomic E-state index is 13.1. The summed E-state index contributed by atoms with van der Waals surface area (Å²) < 4.78 is 18.2. The number of nitrogens with zero attached hydrogens (tertiary/aromatic N) is 2. The molecule has 0 aliphatic heterocycles. The van der Waals surface area contributed by atoms with Crippen molar-refractivity contribution in [2.75, 3.05) is 11.9 Å². The van der Waals surface area contributed by atoms with Gasteiger partial charge in [0.1, 0.15) is 11.4 Å². The van der Waals surface area contributed by atoms with Crippen molar-refractivity contribution in [1.82, 2.24) is 9.97 Å². The summed E-state index contributed by atoms with van der Waals surface area (Å²) in [4.78, 5) is 20.9. The van der Waals surface area contributed by atoms with E-state index in [4.69, 9.17) is 4.74 Å². The van der Waals surface area contributed by atoms with Crippen LogP contribution >= 0.6 is 0 Å². The van der Waals surface area contributed by atoms with Crippen LogP contribution < -0.4 is 5.32 Å². The van der Waals surface area contributed by atoms with Crippen LogP contribution in [-0.4, -0.2) is 22.5 Å². The van der Waals surface area contributed by atoms with Crippen LogP contribution in [0.3, 0.4) is 0 Å². The number of aryl methyl sites for hydroxylation is 1. The lowest BCUT2D eigenvalue weighted by Gasteiger charge is -2.14. The highest BCUT2D eigenvalue weighted by atomic mass is 19.1. The second-order valence-corrected chi connectivity index (χ2v) is 5.22. The van der Waals surface area contributed by atoms with Crippen molar-refractivity contribution in [1.29, 1.82) is 0 Å². The topological polar surface area (TPSA) is 64.1 Å². The molecule has 0 spiro atoms. The van der Waals surface area contributed by atoms with Gasteiger partial charge in [-0.3, -0.25) is 0 Å². The number of rotatable bonds is 4. The zero-order chi connectivity index (χ0) is 17.1. The molecule has 0 saturated heterocycles. The third kappa shape index (κ3) is 3.17. The van der Waals surface area contributed by atoms with Gasteiger partial charge in [0.05, 0.1) is 12.3 Å². The average molecular weight is 325 g/mol. The number of anilines is 2. The minimum atomic E-state index is -0.475. The summed E-state index contributed by atoms with van der Waals surface area (Å²) in [6.07, 6.45) is 1.44. The molecule has 0 unspecified atom stereocenters. The predicted octanol–water partition coefficient (Wildman–Crippen LogP) is 4.00. The van der Waals surface area contributed by atoms with Crippen molar-refractivity contribution >= 4 is 28.4 Å². The lowest BCUT2D eigenvalue weighted by atomic mass is 10.1. The van der Waals surface area contributed by atoms with E-state index in [0.717, 1.165) is 5.69 Å². The molecule has 2 heterocycles. The molecule has 0 amide bonds. The van der Waals surface area contributed by atoms with Crippen molar-refractivity contribution in [3.05, 3.63) is 59.7 Å². The molecular formula is C18H16FN3O2. The van der Waals surface area contributed by atoms with Gasteiger partial charge in [-0.15, -0.1) is 0 Å². The van der Waals surface area contributed by atoms with Crippen molar-refractivity contribution in [2.45, 2.75) is 13.8 Å². The third-order valence-corrected chi connectivity index (χ3v) is 3.48. The molecule has 0 saturated carbocycles. The molecule has 6 heteroatoms. The van der Waals surface area contributed by atoms with E-state index >= 15 is 0 Å². The first kappa shape index (κ1) is 15.9. The Morgan fingerprint density at radius 2 is 1.96 bits per heavy atom. The number of fused-ring (bicyclic) bond motifs is 1. The smallest absolute Gasteiger partial charge is 0.341 e. The first-order chi connectivity index (χ1) is 11.6. The zero-order valence-electron chi connectivity index (χ0n) is 13.3. The quantitative estimate of drug-likeness (QED) is 0.735. The number of ether oxygens (including phenoxy) is 1. The van der Waals surface area contributed by atoms with Crippen LogP contribution in [0.4, 0.5) is 15.8 Å². The molecule has 1 N–H and O–H groups in total. The van der Waals surface area contributed by atoms with Gasteiger partial charge >= 0.3 is 5.97 Å². The van der Waals surface area contributed by atoms with Gasteiger partial charge in [0, 0.05) is 23.0 Å². The summed E-state index contributed by atoms with van der Waals surface area (Å²) in [6, 6.07) is 9.57. The lowest BCUT2D eigenvalue weighted by Crippen LogP contribution is -2.09. The van der Waals surface area contributed by atoms with E-state index in [1.54, 1.807) is 19.1 Å². The molecule has 24 heavy (non-hydrogen) atoms. The SMILES string of the molecule is CCOC(=O)c1cnc2nc(C)ccc2c1Nc1ccc(F)cc1. The molecule has 3 aromatic rings. The van der Waals surface area contributed by atoms with E-state index in [2.05, 4.69) is 15.3 Å². The molecule has 0 aliphatic carbocycles. The fourth-order valence-electron chi connectivity index (χ4n) is 2.35. The molecule has 3 rings (SSSR count). The number of carbonyl (C=O) groups excluding carboxylic acids is 1. The van der Waals surface area contributed by atoms with Gasteiger partial charge in [0.25, 0.3) is 0 Å². The van der Waals surface area contributed by atoms with Gasteiger partial charge in [-0.25, -0.2) is 19.2 Å². The van der Waals surface area contributed by atoms with Crippen molar-refractivity contribution in [3.63, 3.8) is 0 Å². The highest BCUT2D eigenvalue weighted by Gasteiger charge is 2.17. The van der Waals surface area contributed by atoms with Crippen LogP contribution in [0.25, 0.3) is 11.0 Å². The Morgan fingerprint density at radius 1 is 1.21 bits per heavy atom. The van der Waals surface area contributed by atoms with Crippen LogP contribution in [0, 0.1) is 12.7 Å². The predicted molar refractivity (Wildman–Crippen MR) is 89.9 cm³/mol. The second-order valence-electron chi connectivity index (χ2n) is 5.22. The highest BCUT2D eigenvalue weighted by Crippen LogP contribution is 2.29. The maximum absolute atomic E-state index is 13.1. The van der Waals surface area contributed by atoms with Gasteiger partial charge in [-0.2, -0.15) is 0 Å². The summed E-state index contributed by atoms with van der Waals surface area (Å²) in [5.74, 6) is -0.805. The molecule has 2 aromatic heterocycles. The van der Waals surface area contributed by atoms with Gasteiger partial charge < -0.3 is 10.1 Å². The number of hydrogen-bond acceptors (Lipinski definition) is 5. The van der Waals surface area contributed by atoms with Gasteiger partial charge in [0.15, 0.2) is 5.65 Å². The molecule has 0 radical (unpaired) electrons. The van der Waals surface area contributed by atoms with E-state index in [1.807, 2.05) is 19.1 Å². The summed E-state index contributed by atoms with van der Waals surface area (Å²) in [5.41, 5.74) is 2.84. The molecule has 0 aliphatic rings. The Bertz CT molecular complexity index is 895. The number of halogens is 1. The van der Waals surface area contributed by atoms with Gasteiger partial charge in [0.2, 0.25) is 0 Å². The van der Waals surface area contributed by atoms with Crippen molar-refractivity contribution < 1.29 is 13.9 Å². The lowest BCUT2D eigenvalue weighted by molar-refractivity contribution is 0.0527. The minimum Gasteiger partial charge on any atom is -0.462 e. The number of benzene rings is 1. The van der Waals surface area contributed by atoms with Crippen LogP contribution in [0.1, 0.15) is 23.0 Å². The standard InChI is InChI=1S/C18H16FN3O2/c1-3-24-18(23)15-10-20-17-14(9-4-11(2)21-17)16(15)22-13-7-5-12(19)6-8-13/h4-10H,3H2,1-2H3,(H,20,21,22). The summed E-state index contributed by atoms with van der Waals surface area (Å²) >= 11 is 0. The summed E-state index contributed by atoms with van der Waals surface area (Å²) in [5, 5.41) is 3.84. The molecule has 122 valence electrons. The number of nitrogens with one attached hydrogen (secondary N) is 1. The van der Waals surface area contributed by atoms with E-state index in [-0.39, 0.29) is 12.4 Å². The monoisotopic (exact) mass is 325 g/mol.